The van der Waals surface area contributed by atoms with Crippen molar-refractivity contribution in [2.24, 2.45) is 5.92 Å². The normalized spacial score (nSPS) is 23.8. The van der Waals surface area contributed by atoms with Gasteiger partial charge < -0.3 is 5.32 Å². The van der Waals surface area contributed by atoms with Gasteiger partial charge in [-0.2, -0.15) is 0 Å². The second-order valence-electron chi connectivity index (χ2n) is 5.13. The zero-order valence-corrected chi connectivity index (χ0v) is 10.8. The van der Waals surface area contributed by atoms with E-state index < -0.39 is 0 Å². The monoisotopic (exact) mass is 244 g/mol. The fourth-order valence-electron chi connectivity index (χ4n) is 3.03. The molecule has 1 aliphatic rings. The summed E-state index contributed by atoms with van der Waals surface area (Å²) in [6, 6.07) is 6.65. The van der Waals surface area contributed by atoms with Crippen LogP contribution in [0, 0.1) is 5.92 Å². The summed E-state index contributed by atoms with van der Waals surface area (Å²) in [6.45, 7) is 3.10. The van der Waals surface area contributed by atoms with Gasteiger partial charge in [0.15, 0.2) is 11.5 Å². The second kappa shape index (κ2) is 5.06. The van der Waals surface area contributed by atoms with Crippen LogP contribution in [0.15, 0.2) is 24.4 Å². The van der Waals surface area contributed by atoms with E-state index in [0.717, 1.165) is 23.9 Å². The first-order chi connectivity index (χ1) is 8.88. The van der Waals surface area contributed by atoms with Crippen LogP contribution < -0.4 is 5.32 Å². The van der Waals surface area contributed by atoms with Crippen molar-refractivity contribution in [1.82, 2.24) is 19.9 Å². The van der Waals surface area contributed by atoms with Gasteiger partial charge >= 0.3 is 0 Å². The highest BCUT2D eigenvalue weighted by atomic mass is 15.3. The van der Waals surface area contributed by atoms with Gasteiger partial charge in [-0.3, -0.25) is 4.40 Å². The number of nitrogens with zero attached hydrogens (tertiary/aromatic N) is 3. The number of aromatic nitrogens is 3. The van der Waals surface area contributed by atoms with Crippen LogP contribution in [-0.4, -0.2) is 20.6 Å². The Hall–Kier alpha value is -1.42. The van der Waals surface area contributed by atoms with Crippen molar-refractivity contribution in [3.63, 3.8) is 0 Å². The molecule has 0 bridgehead atoms. The highest BCUT2D eigenvalue weighted by Gasteiger charge is 2.25. The quantitative estimate of drug-likeness (QED) is 0.898. The molecule has 0 radical (unpaired) electrons. The van der Waals surface area contributed by atoms with Gasteiger partial charge in [0.25, 0.3) is 0 Å². The molecule has 18 heavy (non-hydrogen) atoms. The van der Waals surface area contributed by atoms with Gasteiger partial charge in [0.2, 0.25) is 0 Å². The SMILES string of the molecule is CCC1CCCC1NCc1nnc2ccccn12. The maximum Gasteiger partial charge on any atom is 0.160 e. The molecule has 0 saturated heterocycles. The molecule has 0 aliphatic heterocycles. The third-order valence-corrected chi connectivity index (χ3v) is 4.09. The Balaban J connectivity index is 1.69. The van der Waals surface area contributed by atoms with Crippen molar-refractivity contribution >= 4 is 5.65 Å². The highest BCUT2D eigenvalue weighted by Crippen LogP contribution is 2.28. The Morgan fingerprint density at radius 2 is 2.28 bits per heavy atom. The van der Waals surface area contributed by atoms with E-state index in [1.807, 2.05) is 24.4 Å². The fraction of sp³-hybridized carbons (Fsp3) is 0.571. The summed E-state index contributed by atoms with van der Waals surface area (Å²) in [5.41, 5.74) is 0.924. The van der Waals surface area contributed by atoms with Gasteiger partial charge in [0.05, 0.1) is 6.54 Å². The lowest BCUT2D eigenvalue weighted by Gasteiger charge is -2.18. The number of rotatable bonds is 4. The van der Waals surface area contributed by atoms with E-state index in [0.29, 0.717) is 6.04 Å². The van der Waals surface area contributed by atoms with E-state index in [4.69, 9.17) is 0 Å². The molecule has 1 saturated carbocycles. The smallest absolute Gasteiger partial charge is 0.160 e. The summed E-state index contributed by atoms with van der Waals surface area (Å²) in [7, 11) is 0. The number of fused-ring (bicyclic) bond motifs is 1. The Labute approximate surface area is 107 Å². The standard InChI is InChI=1S/C14H20N4/c1-2-11-6-5-7-12(11)15-10-14-17-16-13-8-3-4-9-18(13)14/h3-4,8-9,11-12,15H,2,5-7,10H2,1H3. The van der Waals surface area contributed by atoms with E-state index in [2.05, 4.69) is 26.8 Å². The molecular weight excluding hydrogens is 224 g/mol. The van der Waals surface area contributed by atoms with Gasteiger partial charge in [-0.25, -0.2) is 0 Å². The van der Waals surface area contributed by atoms with Crippen LogP contribution in [0.2, 0.25) is 0 Å². The topological polar surface area (TPSA) is 42.2 Å². The molecule has 2 heterocycles. The molecule has 2 unspecified atom stereocenters. The van der Waals surface area contributed by atoms with E-state index in [9.17, 15) is 0 Å². The van der Waals surface area contributed by atoms with Crippen molar-refractivity contribution in [2.75, 3.05) is 0 Å². The largest absolute Gasteiger partial charge is 0.307 e. The van der Waals surface area contributed by atoms with Gasteiger partial charge in [-0.15, -0.1) is 10.2 Å². The summed E-state index contributed by atoms with van der Waals surface area (Å²) in [4.78, 5) is 0. The van der Waals surface area contributed by atoms with Crippen molar-refractivity contribution in [3.05, 3.63) is 30.2 Å². The summed E-state index contributed by atoms with van der Waals surface area (Å²) in [5.74, 6) is 1.84. The molecule has 96 valence electrons. The van der Waals surface area contributed by atoms with Crippen molar-refractivity contribution in [2.45, 2.75) is 45.2 Å². The minimum absolute atomic E-state index is 0.658. The first kappa shape index (κ1) is 11.7. The summed E-state index contributed by atoms with van der Waals surface area (Å²) < 4.78 is 2.06. The van der Waals surface area contributed by atoms with E-state index >= 15 is 0 Å². The summed E-state index contributed by atoms with van der Waals surface area (Å²) in [5, 5.41) is 12.1. The van der Waals surface area contributed by atoms with Gasteiger partial charge in [-0.05, 0) is 30.9 Å². The van der Waals surface area contributed by atoms with E-state index in [1.54, 1.807) is 0 Å². The average molecular weight is 244 g/mol. The fourth-order valence-corrected chi connectivity index (χ4v) is 3.03. The molecule has 2 atom stereocenters. The molecular formula is C14H20N4. The summed E-state index contributed by atoms with van der Waals surface area (Å²) in [6.07, 6.45) is 7.33. The first-order valence-corrected chi connectivity index (χ1v) is 6.90. The third-order valence-electron chi connectivity index (χ3n) is 4.09. The first-order valence-electron chi connectivity index (χ1n) is 6.90. The summed E-state index contributed by atoms with van der Waals surface area (Å²) >= 11 is 0. The molecule has 1 aliphatic carbocycles. The molecule has 2 aromatic rings. The minimum atomic E-state index is 0.658. The van der Waals surface area contributed by atoms with Crippen LogP contribution in [0.3, 0.4) is 0 Å². The lowest BCUT2D eigenvalue weighted by atomic mass is 10.0. The molecule has 1 N–H and O–H groups in total. The maximum atomic E-state index is 4.26. The maximum absolute atomic E-state index is 4.26. The number of pyridine rings is 1. The minimum Gasteiger partial charge on any atom is -0.307 e. The van der Waals surface area contributed by atoms with Crippen LogP contribution in [-0.2, 0) is 6.54 Å². The number of hydrogen-bond acceptors (Lipinski definition) is 3. The number of hydrogen-bond donors (Lipinski definition) is 1. The molecule has 1 fully saturated rings. The Morgan fingerprint density at radius 3 is 3.17 bits per heavy atom. The van der Waals surface area contributed by atoms with Crippen molar-refractivity contribution in [3.8, 4) is 0 Å². The Kier molecular flexibility index (Phi) is 3.28. The van der Waals surface area contributed by atoms with Crippen molar-refractivity contribution in [1.29, 1.82) is 0 Å². The van der Waals surface area contributed by atoms with Crippen LogP contribution >= 0.6 is 0 Å². The van der Waals surface area contributed by atoms with Crippen LogP contribution in [0.5, 0.6) is 0 Å². The average Bonchev–Trinajstić information content (AvgIpc) is 3.02. The zero-order valence-electron chi connectivity index (χ0n) is 10.8. The third kappa shape index (κ3) is 2.12. The second-order valence-corrected chi connectivity index (χ2v) is 5.13. The van der Waals surface area contributed by atoms with Crippen LogP contribution in [0.4, 0.5) is 0 Å². The molecule has 0 amide bonds. The van der Waals surface area contributed by atoms with E-state index in [-0.39, 0.29) is 0 Å². The Bertz CT molecular complexity index is 519. The predicted molar refractivity (Wildman–Crippen MR) is 71.2 cm³/mol. The Morgan fingerprint density at radius 1 is 1.33 bits per heavy atom. The lowest BCUT2D eigenvalue weighted by molar-refractivity contribution is 0.385. The van der Waals surface area contributed by atoms with Crippen LogP contribution in [0.1, 0.15) is 38.4 Å². The van der Waals surface area contributed by atoms with Crippen molar-refractivity contribution < 1.29 is 0 Å². The van der Waals surface area contributed by atoms with Gasteiger partial charge in [0, 0.05) is 12.2 Å². The molecule has 3 rings (SSSR count). The van der Waals surface area contributed by atoms with Crippen LogP contribution in [0.25, 0.3) is 5.65 Å². The lowest BCUT2D eigenvalue weighted by Crippen LogP contribution is -2.32. The number of nitrogens with one attached hydrogen (secondary N) is 1. The molecule has 0 aromatic carbocycles. The molecule has 2 aromatic heterocycles. The predicted octanol–water partition coefficient (Wildman–Crippen LogP) is 2.40. The molecule has 4 heteroatoms. The van der Waals surface area contributed by atoms with E-state index in [1.165, 1.54) is 25.7 Å². The van der Waals surface area contributed by atoms with Gasteiger partial charge in [-0.1, -0.05) is 25.8 Å². The molecule has 0 spiro atoms. The molecule has 4 nitrogen and oxygen atoms in total. The highest BCUT2D eigenvalue weighted by molar-refractivity contribution is 5.36. The van der Waals surface area contributed by atoms with Gasteiger partial charge in [0.1, 0.15) is 0 Å². The zero-order chi connectivity index (χ0) is 12.4.